The molecule has 1 aromatic carbocycles. The first kappa shape index (κ1) is 18.6. The number of hydrogen-bond acceptors (Lipinski definition) is 3. The lowest BCUT2D eigenvalue weighted by Gasteiger charge is -2.37. The summed E-state index contributed by atoms with van der Waals surface area (Å²) in [6.07, 6.45) is 2.52. The van der Waals surface area contributed by atoms with Crippen molar-refractivity contribution >= 4 is 5.91 Å². The molecule has 1 aliphatic rings. The Hall–Kier alpha value is -2.18. The number of aromatic nitrogens is 1. The quantitative estimate of drug-likeness (QED) is 0.863. The number of aliphatic hydroxyl groups is 1. The molecule has 1 aliphatic heterocycles. The first-order valence-corrected chi connectivity index (χ1v) is 9.06. The second-order valence-corrected chi connectivity index (χ2v) is 6.86. The Morgan fingerprint density at radius 2 is 2.00 bits per heavy atom. The van der Waals surface area contributed by atoms with Gasteiger partial charge in [0.25, 0.3) is 5.91 Å². The van der Waals surface area contributed by atoms with Gasteiger partial charge in [-0.05, 0) is 49.2 Å². The fraction of sp³-hybridized carbons (Fsp3) is 0.450. The van der Waals surface area contributed by atoms with Gasteiger partial charge in [-0.15, -0.1) is 0 Å². The fourth-order valence-electron chi connectivity index (χ4n) is 3.77. The summed E-state index contributed by atoms with van der Waals surface area (Å²) in [6, 6.07) is 10.0. The number of aliphatic hydroxyl groups excluding tert-OH is 1. The largest absolute Gasteiger partial charge is 0.387 e. The Bertz CT molecular complexity index is 757. The lowest BCUT2D eigenvalue weighted by Crippen LogP contribution is -2.37. The molecule has 3 rings (SSSR count). The van der Waals surface area contributed by atoms with E-state index in [1.165, 1.54) is 12.1 Å². The first-order valence-electron chi connectivity index (χ1n) is 9.06. The molecular formula is C20H26FN3O2. The zero-order valence-corrected chi connectivity index (χ0v) is 15.3. The van der Waals surface area contributed by atoms with Crippen molar-refractivity contribution < 1.29 is 14.3 Å². The van der Waals surface area contributed by atoms with Crippen LogP contribution in [-0.2, 0) is 7.05 Å². The van der Waals surface area contributed by atoms with Crippen LogP contribution < -0.4 is 5.32 Å². The first-order chi connectivity index (χ1) is 12.5. The maximum absolute atomic E-state index is 13.1. The van der Waals surface area contributed by atoms with Gasteiger partial charge in [-0.3, -0.25) is 9.69 Å². The van der Waals surface area contributed by atoms with Crippen LogP contribution in [-0.4, -0.2) is 40.6 Å². The van der Waals surface area contributed by atoms with Gasteiger partial charge in [0.1, 0.15) is 11.5 Å². The molecule has 0 radical (unpaired) electrons. The zero-order chi connectivity index (χ0) is 18.7. The van der Waals surface area contributed by atoms with Gasteiger partial charge in [0.05, 0.1) is 12.1 Å². The molecule has 2 heterocycles. The van der Waals surface area contributed by atoms with Gasteiger partial charge in [-0.25, -0.2) is 4.39 Å². The minimum Gasteiger partial charge on any atom is -0.387 e. The average Bonchev–Trinajstić information content (AvgIpc) is 3.03. The number of carbonyl (C=O) groups is 1. The lowest BCUT2D eigenvalue weighted by molar-refractivity contribution is 0.0640. The highest BCUT2D eigenvalue weighted by molar-refractivity contribution is 5.92. The normalized spacial score (nSPS) is 19.3. The number of likely N-dealkylation sites (tertiary alicyclic amines) is 1. The number of rotatable bonds is 5. The molecule has 2 unspecified atom stereocenters. The van der Waals surface area contributed by atoms with Crippen molar-refractivity contribution in [3.63, 3.8) is 0 Å². The Labute approximate surface area is 153 Å². The second kappa shape index (κ2) is 8.01. The summed E-state index contributed by atoms with van der Waals surface area (Å²) in [5.41, 5.74) is 2.43. The highest BCUT2D eigenvalue weighted by atomic mass is 19.1. The van der Waals surface area contributed by atoms with E-state index >= 15 is 0 Å². The van der Waals surface area contributed by atoms with Crippen molar-refractivity contribution in [3.8, 4) is 0 Å². The molecule has 140 valence electrons. The summed E-state index contributed by atoms with van der Waals surface area (Å²) in [5, 5.41) is 13.3. The van der Waals surface area contributed by atoms with E-state index in [4.69, 9.17) is 0 Å². The van der Waals surface area contributed by atoms with Crippen LogP contribution in [0, 0.1) is 5.82 Å². The third-order valence-electron chi connectivity index (χ3n) is 5.24. The van der Waals surface area contributed by atoms with E-state index in [1.54, 1.807) is 19.2 Å². The summed E-state index contributed by atoms with van der Waals surface area (Å²) in [5.74, 6) is -0.408. The predicted octanol–water partition coefficient (Wildman–Crippen LogP) is 2.78. The summed E-state index contributed by atoms with van der Waals surface area (Å²) in [4.78, 5) is 14.3. The molecule has 0 bridgehead atoms. The van der Waals surface area contributed by atoms with Crippen molar-refractivity contribution in [1.29, 1.82) is 0 Å². The molecule has 0 aliphatic carbocycles. The van der Waals surface area contributed by atoms with Gasteiger partial charge < -0.3 is 15.0 Å². The number of carbonyl (C=O) groups excluding carboxylic acids is 1. The van der Waals surface area contributed by atoms with Crippen molar-refractivity contribution in [2.45, 2.75) is 31.4 Å². The van der Waals surface area contributed by atoms with Crippen LogP contribution in [0.2, 0.25) is 0 Å². The third-order valence-corrected chi connectivity index (χ3v) is 5.24. The third kappa shape index (κ3) is 3.81. The second-order valence-electron chi connectivity index (χ2n) is 6.86. The van der Waals surface area contributed by atoms with Crippen LogP contribution >= 0.6 is 0 Å². The molecule has 1 amide bonds. The molecular weight excluding hydrogens is 333 g/mol. The van der Waals surface area contributed by atoms with E-state index in [1.807, 2.05) is 23.7 Å². The Balaban J connectivity index is 1.79. The van der Waals surface area contributed by atoms with Crippen LogP contribution in [0.3, 0.4) is 0 Å². The summed E-state index contributed by atoms with van der Waals surface area (Å²) in [6.45, 7) is 1.38. The van der Waals surface area contributed by atoms with E-state index < -0.39 is 6.10 Å². The molecule has 0 spiro atoms. The summed E-state index contributed by atoms with van der Waals surface area (Å²) in [7, 11) is 3.53. The number of β-amino-alcohol motifs (C(OH)–C–C–N with tert-alkyl or cyclic N) is 1. The van der Waals surface area contributed by atoms with Gasteiger partial charge >= 0.3 is 0 Å². The monoisotopic (exact) mass is 359 g/mol. The maximum Gasteiger partial charge on any atom is 0.267 e. The minimum absolute atomic E-state index is 0.104. The van der Waals surface area contributed by atoms with E-state index in [9.17, 15) is 14.3 Å². The molecule has 1 fully saturated rings. The molecule has 2 N–H and O–H groups in total. The van der Waals surface area contributed by atoms with Gasteiger partial charge in [0.2, 0.25) is 0 Å². The highest BCUT2D eigenvalue weighted by Gasteiger charge is 2.29. The number of nitrogens with zero attached hydrogens (tertiary/aromatic N) is 2. The lowest BCUT2D eigenvalue weighted by atomic mass is 9.98. The molecule has 1 saturated heterocycles. The summed E-state index contributed by atoms with van der Waals surface area (Å²) < 4.78 is 15.0. The molecule has 6 heteroatoms. The van der Waals surface area contributed by atoms with Crippen LogP contribution in [0.15, 0.2) is 36.4 Å². The van der Waals surface area contributed by atoms with Gasteiger partial charge in [-0.2, -0.15) is 0 Å². The number of nitrogens with one attached hydrogen (secondary N) is 1. The van der Waals surface area contributed by atoms with Crippen LogP contribution in [0.1, 0.15) is 53.2 Å². The Morgan fingerprint density at radius 3 is 2.69 bits per heavy atom. The van der Waals surface area contributed by atoms with E-state index in [-0.39, 0.29) is 17.8 Å². The Morgan fingerprint density at radius 1 is 1.27 bits per heavy atom. The number of halogens is 1. The molecule has 5 nitrogen and oxygen atoms in total. The van der Waals surface area contributed by atoms with Gasteiger partial charge in [0.15, 0.2) is 0 Å². The van der Waals surface area contributed by atoms with Gasteiger partial charge in [0, 0.05) is 26.3 Å². The molecule has 26 heavy (non-hydrogen) atoms. The number of amides is 1. The maximum atomic E-state index is 13.1. The van der Waals surface area contributed by atoms with Crippen molar-refractivity contribution in [2.24, 2.45) is 7.05 Å². The van der Waals surface area contributed by atoms with Crippen molar-refractivity contribution in [2.75, 3.05) is 20.1 Å². The van der Waals surface area contributed by atoms with E-state index in [2.05, 4.69) is 10.2 Å². The van der Waals surface area contributed by atoms with Crippen LogP contribution in [0.4, 0.5) is 4.39 Å². The SMILES string of the molecule is CNC(=O)c1ccc(C2CCCCN2CC(O)c2ccc(F)cc2)n1C. The fourth-order valence-corrected chi connectivity index (χ4v) is 3.77. The Kier molecular flexibility index (Phi) is 5.74. The van der Waals surface area contributed by atoms with Gasteiger partial charge in [-0.1, -0.05) is 18.6 Å². The van der Waals surface area contributed by atoms with Crippen LogP contribution in [0.5, 0.6) is 0 Å². The molecule has 2 atom stereocenters. The molecule has 0 saturated carbocycles. The molecule has 1 aromatic heterocycles. The zero-order valence-electron chi connectivity index (χ0n) is 15.3. The average molecular weight is 359 g/mol. The molecule has 2 aromatic rings. The van der Waals surface area contributed by atoms with E-state index in [0.717, 1.165) is 31.5 Å². The standard InChI is InChI=1S/C20H26FN3O2/c1-22-20(26)18-11-10-16(23(18)2)17-5-3-4-12-24(17)13-19(25)14-6-8-15(21)9-7-14/h6-11,17,19,25H,3-5,12-13H2,1-2H3,(H,22,26). The number of piperidine rings is 1. The van der Waals surface area contributed by atoms with Crippen LogP contribution in [0.25, 0.3) is 0 Å². The number of benzene rings is 1. The summed E-state index contributed by atoms with van der Waals surface area (Å²) >= 11 is 0. The highest BCUT2D eigenvalue weighted by Crippen LogP contribution is 2.33. The topological polar surface area (TPSA) is 57.5 Å². The van der Waals surface area contributed by atoms with E-state index in [0.29, 0.717) is 17.8 Å². The smallest absolute Gasteiger partial charge is 0.267 e. The number of hydrogen-bond donors (Lipinski definition) is 2. The minimum atomic E-state index is -0.671. The predicted molar refractivity (Wildman–Crippen MR) is 98.3 cm³/mol. The van der Waals surface area contributed by atoms with Crippen molar-refractivity contribution in [3.05, 3.63) is 59.2 Å². The van der Waals surface area contributed by atoms with Crippen molar-refractivity contribution in [1.82, 2.24) is 14.8 Å².